The van der Waals surface area contributed by atoms with Gasteiger partial charge in [0.2, 0.25) is 0 Å². The second-order valence-corrected chi connectivity index (χ2v) is 4.18. The summed E-state index contributed by atoms with van der Waals surface area (Å²) in [5.74, 6) is 0. The van der Waals surface area contributed by atoms with Crippen molar-refractivity contribution < 1.29 is 0 Å². The van der Waals surface area contributed by atoms with Gasteiger partial charge in [-0.2, -0.15) is 0 Å². The van der Waals surface area contributed by atoms with Crippen LogP contribution in [0.15, 0.2) is 53.0 Å². The predicted molar refractivity (Wildman–Crippen MR) is 72.2 cm³/mol. The van der Waals surface area contributed by atoms with E-state index < -0.39 is 0 Å². The van der Waals surface area contributed by atoms with Gasteiger partial charge in [0.1, 0.15) is 0 Å². The van der Waals surface area contributed by atoms with Crippen LogP contribution in [0, 0.1) is 0 Å². The number of halogens is 2. The molecule has 0 fully saturated rings. The smallest absolute Gasteiger partial charge is 0.0516 e. The third-order valence-electron chi connectivity index (χ3n) is 2.33. The summed E-state index contributed by atoms with van der Waals surface area (Å²) in [7, 11) is 0. The summed E-state index contributed by atoms with van der Waals surface area (Å²) in [4.78, 5) is 0. The molecule has 1 nitrogen and oxygen atoms in total. The first-order valence-electron chi connectivity index (χ1n) is 4.97. The number of hydrogen-bond acceptors (Lipinski definition) is 1. The molecule has 0 aromatic heterocycles. The van der Waals surface area contributed by atoms with Crippen LogP contribution in [0.2, 0.25) is 0 Å². The van der Waals surface area contributed by atoms with Crippen LogP contribution in [0.1, 0.15) is 0 Å². The SMILES string of the molecule is ClC=C(Cl)CNc1ccc2ccccc2c1. The molecule has 2 rings (SSSR count). The number of nitrogens with one attached hydrogen (secondary N) is 1. The second-order valence-electron chi connectivity index (χ2n) is 3.47. The molecule has 16 heavy (non-hydrogen) atoms. The van der Waals surface area contributed by atoms with E-state index in [0.717, 1.165) is 5.69 Å². The summed E-state index contributed by atoms with van der Waals surface area (Å²) in [5, 5.41) is 6.23. The number of benzene rings is 2. The maximum absolute atomic E-state index is 5.80. The molecule has 0 bridgehead atoms. The molecule has 82 valence electrons. The van der Waals surface area contributed by atoms with Gasteiger partial charge in [0.15, 0.2) is 0 Å². The Bertz CT molecular complexity index is 520. The number of hydrogen-bond donors (Lipinski definition) is 1. The Morgan fingerprint density at radius 1 is 1.12 bits per heavy atom. The van der Waals surface area contributed by atoms with Gasteiger partial charge in [-0.25, -0.2) is 0 Å². The molecule has 0 atom stereocenters. The third kappa shape index (κ3) is 2.69. The number of fused-ring (bicyclic) bond motifs is 1. The van der Waals surface area contributed by atoms with E-state index in [2.05, 4.69) is 29.6 Å². The predicted octanol–water partition coefficient (Wildman–Crippen LogP) is 4.57. The lowest BCUT2D eigenvalue weighted by Gasteiger charge is -2.06. The molecular formula is C13H11Cl2N. The van der Waals surface area contributed by atoms with Crippen LogP contribution in [0.25, 0.3) is 10.8 Å². The Labute approximate surface area is 105 Å². The van der Waals surface area contributed by atoms with Crippen molar-refractivity contribution in [2.24, 2.45) is 0 Å². The molecule has 2 aromatic rings. The van der Waals surface area contributed by atoms with E-state index in [4.69, 9.17) is 23.2 Å². The first-order chi connectivity index (χ1) is 7.79. The van der Waals surface area contributed by atoms with Gasteiger partial charge in [-0.3, -0.25) is 0 Å². The molecule has 0 aliphatic heterocycles. The minimum atomic E-state index is 0.545. The Morgan fingerprint density at radius 3 is 2.62 bits per heavy atom. The van der Waals surface area contributed by atoms with Crippen molar-refractivity contribution >= 4 is 39.7 Å². The highest BCUT2D eigenvalue weighted by atomic mass is 35.5. The molecule has 2 aromatic carbocycles. The molecule has 1 N–H and O–H groups in total. The minimum absolute atomic E-state index is 0.545. The van der Waals surface area contributed by atoms with E-state index in [1.165, 1.54) is 16.3 Å². The molecule has 0 saturated carbocycles. The topological polar surface area (TPSA) is 12.0 Å². The van der Waals surface area contributed by atoms with Gasteiger partial charge < -0.3 is 5.32 Å². The molecule has 0 aliphatic rings. The Balaban J connectivity index is 2.20. The van der Waals surface area contributed by atoms with Gasteiger partial charge in [0, 0.05) is 16.3 Å². The fourth-order valence-electron chi connectivity index (χ4n) is 1.52. The highest BCUT2D eigenvalue weighted by molar-refractivity contribution is 6.36. The van der Waals surface area contributed by atoms with Crippen molar-refractivity contribution in [3.8, 4) is 0 Å². The summed E-state index contributed by atoms with van der Waals surface area (Å²) in [5.41, 5.74) is 2.41. The maximum Gasteiger partial charge on any atom is 0.0516 e. The molecule has 0 unspecified atom stereocenters. The maximum atomic E-state index is 5.80. The number of rotatable bonds is 3. The average Bonchev–Trinajstić information content (AvgIpc) is 2.35. The second kappa shape index (κ2) is 5.24. The first-order valence-corrected chi connectivity index (χ1v) is 5.78. The highest BCUT2D eigenvalue weighted by Gasteiger charge is 1.96. The largest absolute Gasteiger partial charge is 0.380 e. The van der Waals surface area contributed by atoms with Crippen LogP contribution < -0.4 is 5.32 Å². The zero-order chi connectivity index (χ0) is 11.4. The Kier molecular flexibility index (Phi) is 3.70. The van der Waals surface area contributed by atoms with E-state index in [1.807, 2.05) is 18.2 Å². The van der Waals surface area contributed by atoms with E-state index in [9.17, 15) is 0 Å². The summed E-state index contributed by atoms with van der Waals surface area (Å²) >= 11 is 11.3. The molecule has 3 heteroatoms. The van der Waals surface area contributed by atoms with Crippen molar-refractivity contribution in [2.45, 2.75) is 0 Å². The van der Waals surface area contributed by atoms with E-state index in [-0.39, 0.29) is 0 Å². The lowest BCUT2D eigenvalue weighted by atomic mass is 10.1. The van der Waals surface area contributed by atoms with E-state index in [0.29, 0.717) is 11.6 Å². The summed E-state index contributed by atoms with van der Waals surface area (Å²) < 4.78 is 0. The van der Waals surface area contributed by atoms with Gasteiger partial charge in [0.05, 0.1) is 6.54 Å². The quantitative estimate of drug-likeness (QED) is 0.843. The molecule has 0 saturated heterocycles. The first kappa shape index (κ1) is 11.3. The summed E-state index contributed by atoms with van der Waals surface area (Å²) in [6, 6.07) is 14.4. The van der Waals surface area contributed by atoms with Gasteiger partial charge in [-0.05, 0) is 22.9 Å². The normalized spacial score (nSPS) is 11.8. The van der Waals surface area contributed by atoms with Gasteiger partial charge in [0.25, 0.3) is 0 Å². The monoisotopic (exact) mass is 251 g/mol. The van der Waals surface area contributed by atoms with Crippen molar-refractivity contribution in [1.29, 1.82) is 0 Å². The van der Waals surface area contributed by atoms with Crippen LogP contribution in [-0.2, 0) is 0 Å². The molecule has 0 radical (unpaired) electrons. The highest BCUT2D eigenvalue weighted by Crippen LogP contribution is 2.19. The van der Waals surface area contributed by atoms with Crippen LogP contribution in [-0.4, -0.2) is 6.54 Å². The van der Waals surface area contributed by atoms with Gasteiger partial charge >= 0.3 is 0 Å². The fraction of sp³-hybridized carbons (Fsp3) is 0.0769. The molecule has 0 aliphatic carbocycles. The summed E-state index contributed by atoms with van der Waals surface area (Å²) in [6.45, 7) is 0.545. The third-order valence-corrected chi connectivity index (χ3v) is 2.95. The van der Waals surface area contributed by atoms with Crippen molar-refractivity contribution in [3.05, 3.63) is 53.0 Å². The van der Waals surface area contributed by atoms with Crippen molar-refractivity contribution in [2.75, 3.05) is 11.9 Å². The molecular weight excluding hydrogens is 241 g/mol. The Morgan fingerprint density at radius 2 is 1.88 bits per heavy atom. The van der Waals surface area contributed by atoms with Gasteiger partial charge in [-0.1, -0.05) is 53.5 Å². The van der Waals surface area contributed by atoms with E-state index >= 15 is 0 Å². The standard InChI is InChI=1S/C13H11Cl2N/c14-8-12(15)9-16-13-6-5-10-3-1-2-4-11(10)7-13/h1-8,16H,9H2. The average molecular weight is 252 g/mol. The molecule has 0 heterocycles. The summed E-state index contributed by atoms with van der Waals surface area (Å²) in [6.07, 6.45) is 0. The zero-order valence-corrected chi connectivity index (χ0v) is 10.1. The van der Waals surface area contributed by atoms with Crippen LogP contribution in [0.3, 0.4) is 0 Å². The van der Waals surface area contributed by atoms with Crippen LogP contribution in [0.4, 0.5) is 5.69 Å². The fourth-order valence-corrected chi connectivity index (χ4v) is 1.67. The lowest BCUT2D eigenvalue weighted by molar-refractivity contribution is 1.32. The van der Waals surface area contributed by atoms with Crippen molar-refractivity contribution in [1.82, 2.24) is 0 Å². The lowest BCUT2D eigenvalue weighted by Crippen LogP contribution is -2.00. The van der Waals surface area contributed by atoms with Crippen LogP contribution >= 0.6 is 23.2 Å². The molecule has 0 amide bonds. The number of anilines is 1. The van der Waals surface area contributed by atoms with Gasteiger partial charge in [-0.15, -0.1) is 0 Å². The van der Waals surface area contributed by atoms with Crippen molar-refractivity contribution in [3.63, 3.8) is 0 Å². The minimum Gasteiger partial charge on any atom is -0.380 e. The van der Waals surface area contributed by atoms with Crippen LogP contribution in [0.5, 0.6) is 0 Å². The Hall–Kier alpha value is -1.18. The van der Waals surface area contributed by atoms with E-state index in [1.54, 1.807) is 0 Å². The zero-order valence-electron chi connectivity index (χ0n) is 8.58. The molecule has 0 spiro atoms.